The Morgan fingerprint density at radius 1 is 1.03 bits per heavy atom. The summed E-state index contributed by atoms with van der Waals surface area (Å²) >= 11 is 0. The molecule has 0 aliphatic heterocycles. The van der Waals surface area contributed by atoms with Gasteiger partial charge in [-0.1, -0.05) is 42.0 Å². The lowest BCUT2D eigenvalue weighted by atomic mass is 10.1. The fourth-order valence-electron chi connectivity index (χ4n) is 4.23. The second kappa shape index (κ2) is 9.67. The molecule has 0 aliphatic carbocycles. The lowest BCUT2D eigenvalue weighted by molar-refractivity contribution is -0.114. The van der Waals surface area contributed by atoms with Crippen LogP contribution in [0.2, 0.25) is 0 Å². The molecule has 1 aromatic heterocycles. The van der Waals surface area contributed by atoms with Gasteiger partial charge in [0.2, 0.25) is 15.9 Å². The molecule has 9 heteroatoms. The van der Waals surface area contributed by atoms with E-state index in [2.05, 4.69) is 5.32 Å². The first kappa shape index (κ1) is 25.3. The molecule has 8 nitrogen and oxygen atoms in total. The lowest BCUT2D eigenvalue weighted by Gasteiger charge is -2.27. The Morgan fingerprint density at radius 2 is 1.69 bits per heavy atom. The van der Waals surface area contributed by atoms with Gasteiger partial charge < -0.3 is 5.32 Å². The van der Waals surface area contributed by atoms with E-state index in [4.69, 9.17) is 4.98 Å². The van der Waals surface area contributed by atoms with Gasteiger partial charge in [0.05, 0.1) is 28.3 Å². The van der Waals surface area contributed by atoms with E-state index in [-0.39, 0.29) is 27.9 Å². The predicted octanol–water partition coefficient (Wildman–Crippen LogP) is 4.34. The van der Waals surface area contributed by atoms with Crippen molar-refractivity contribution in [2.75, 3.05) is 12.4 Å². The highest BCUT2D eigenvalue weighted by atomic mass is 32.2. The van der Waals surface area contributed by atoms with Gasteiger partial charge in [-0.05, 0) is 56.7 Å². The minimum absolute atomic E-state index is 0.0456. The molecule has 0 spiro atoms. The zero-order valence-corrected chi connectivity index (χ0v) is 21.6. The van der Waals surface area contributed by atoms with Crippen molar-refractivity contribution in [3.8, 4) is 5.69 Å². The van der Waals surface area contributed by atoms with Crippen LogP contribution in [0.4, 0.5) is 5.69 Å². The zero-order chi connectivity index (χ0) is 26.2. The Bertz CT molecular complexity index is 1640. The normalized spacial score (nSPS) is 12.6. The van der Waals surface area contributed by atoms with Crippen LogP contribution in [0.15, 0.2) is 76.4 Å². The number of fused-ring (bicyclic) bond motifs is 1. The number of hydrogen-bond acceptors (Lipinski definition) is 5. The van der Waals surface area contributed by atoms with Crippen molar-refractivity contribution in [3.63, 3.8) is 0 Å². The monoisotopic (exact) mass is 504 g/mol. The van der Waals surface area contributed by atoms with Crippen molar-refractivity contribution in [1.29, 1.82) is 0 Å². The molecule has 1 atom stereocenters. The van der Waals surface area contributed by atoms with Gasteiger partial charge in [0, 0.05) is 14.0 Å². The maximum Gasteiger partial charge on any atom is 0.266 e. The third-order valence-electron chi connectivity index (χ3n) is 6.17. The van der Waals surface area contributed by atoms with Crippen molar-refractivity contribution in [1.82, 2.24) is 13.9 Å². The maximum absolute atomic E-state index is 13.7. The predicted molar refractivity (Wildman–Crippen MR) is 141 cm³/mol. The SMILES string of the molecule is CC(=O)Nc1ccccc1S(=O)(=O)N(C)C(C)c1nc2ccccc2c(=O)n1-c1ccc(C)cc1C. The number of nitrogens with one attached hydrogen (secondary N) is 1. The number of aryl methyl sites for hydroxylation is 2. The average Bonchev–Trinajstić information content (AvgIpc) is 2.83. The second-order valence-corrected chi connectivity index (χ2v) is 10.8. The van der Waals surface area contributed by atoms with Crippen molar-refractivity contribution < 1.29 is 13.2 Å². The first-order chi connectivity index (χ1) is 17.0. The van der Waals surface area contributed by atoms with Crippen LogP contribution in [0.5, 0.6) is 0 Å². The molecular formula is C27H28N4O4S. The summed E-state index contributed by atoms with van der Waals surface area (Å²) in [7, 11) is -2.64. The highest BCUT2D eigenvalue weighted by molar-refractivity contribution is 7.89. The Hall–Kier alpha value is -3.82. The summed E-state index contributed by atoms with van der Waals surface area (Å²) in [4.78, 5) is 30.1. The summed E-state index contributed by atoms with van der Waals surface area (Å²) in [5.74, 6) is -0.0954. The molecule has 1 unspecified atom stereocenters. The molecule has 186 valence electrons. The Kier molecular flexibility index (Phi) is 6.79. The number of rotatable bonds is 6. The number of hydrogen-bond donors (Lipinski definition) is 1. The summed E-state index contributed by atoms with van der Waals surface area (Å²) in [5, 5.41) is 3.02. The van der Waals surface area contributed by atoms with Gasteiger partial charge in [0.25, 0.3) is 5.56 Å². The van der Waals surface area contributed by atoms with Crippen LogP contribution in [-0.2, 0) is 14.8 Å². The Labute approximate surface area is 210 Å². The van der Waals surface area contributed by atoms with Crippen molar-refractivity contribution in [2.45, 2.75) is 38.6 Å². The second-order valence-electron chi connectivity index (χ2n) is 8.79. The van der Waals surface area contributed by atoms with Gasteiger partial charge in [0.15, 0.2) is 0 Å². The Morgan fingerprint density at radius 3 is 2.39 bits per heavy atom. The summed E-state index contributed by atoms with van der Waals surface area (Å²) < 4.78 is 30.1. The first-order valence-electron chi connectivity index (χ1n) is 11.5. The summed E-state index contributed by atoms with van der Waals surface area (Å²) in [6, 6.07) is 18.1. The van der Waals surface area contributed by atoms with Crippen LogP contribution >= 0.6 is 0 Å². The molecule has 4 rings (SSSR count). The van der Waals surface area contributed by atoms with E-state index in [0.717, 1.165) is 11.1 Å². The minimum Gasteiger partial charge on any atom is -0.325 e. The van der Waals surface area contributed by atoms with Gasteiger partial charge in [-0.3, -0.25) is 14.2 Å². The van der Waals surface area contributed by atoms with E-state index < -0.39 is 16.1 Å². The fourth-order valence-corrected chi connectivity index (χ4v) is 5.70. The van der Waals surface area contributed by atoms with Crippen LogP contribution in [0, 0.1) is 13.8 Å². The van der Waals surface area contributed by atoms with Gasteiger partial charge in [-0.25, -0.2) is 13.4 Å². The first-order valence-corrected chi connectivity index (χ1v) is 12.9. The maximum atomic E-state index is 13.7. The number of anilines is 1. The molecular weight excluding hydrogens is 476 g/mol. The fraction of sp³-hybridized carbons (Fsp3) is 0.222. The van der Waals surface area contributed by atoms with E-state index in [1.807, 2.05) is 32.0 Å². The van der Waals surface area contributed by atoms with Gasteiger partial charge in [-0.15, -0.1) is 0 Å². The van der Waals surface area contributed by atoms with E-state index in [0.29, 0.717) is 16.6 Å². The molecule has 1 amide bonds. The number of nitrogens with zero attached hydrogens (tertiary/aromatic N) is 3. The molecule has 0 saturated heterocycles. The summed E-state index contributed by atoms with van der Waals surface area (Å²) in [5.41, 5.74) is 2.93. The van der Waals surface area contributed by atoms with Crippen LogP contribution in [0.1, 0.15) is 36.8 Å². The molecule has 0 radical (unpaired) electrons. The average molecular weight is 505 g/mol. The van der Waals surface area contributed by atoms with Crippen molar-refractivity contribution in [3.05, 3.63) is 94.0 Å². The third kappa shape index (κ3) is 4.55. The highest BCUT2D eigenvalue weighted by Gasteiger charge is 2.32. The molecule has 1 N–H and O–H groups in total. The van der Waals surface area contributed by atoms with Gasteiger partial charge in [-0.2, -0.15) is 4.31 Å². The molecule has 4 aromatic rings. The topological polar surface area (TPSA) is 101 Å². The van der Waals surface area contributed by atoms with Crippen LogP contribution < -0.4 is 10.9 Å². The highest BCUT2D eigenvalue weighted by Crippen LogP contribution is 2.31. The van der Waals surface area contributed by atoms with Crippen LogP contribution in [-0.4, -0.2) is 35.2 Å². The van der Waals surface area contributed by atoms with Gasteiger partial charge in [0.1, 0.15) is 10.7 Å². The molecule has 0 saturated carbocycles. The van der Waals surface area contributed by atoms with E-state index in [1.54, 1.807) is 43.3 Å². The molecule has 3 aromatic carbocycles. The number of amides is 1. The van der Waals surface area contributed by atoms with E-state index in [9.17, 15) is 18.0 Å². The van der Waals surface area contributed by atoms with Crippen LogP contribution in [0.25, 0.3) is 16.6 Å². The largest absolute Gasteiger partial charge is 0.325 e. The number of aromatic nitrogens is 2. The number of benzene rings is 3. The van der Waals surface area contributed by atoms with Crippen molar-refractivity contribution >= 4 is 32.5 Å². The number of para-hydroxylation sites is 2. The minimum atomic E-state index is -4.08. The van der Waals surface area contributed by atoms with Crippen molar-refractivity contribution in [2.24, 2.45) is 0 Å². The van der Waals surface area contributed by atoms with E-state index in [1.165, 1.54) is 35.0 Å². The van der Waals surface area contributed by atoms with Crippen LogP contribution in [0.3, 0.4) is 0 Å². The standard InChI is InChI=1S/C27H28N4O4S/c1-17-14-15-24(18(2)16-17)31-26(29-22-11-7-6-10-21(22)27(31)33)19(3)30(5)36(34,35)25-13-9-8-12-23(25)28-20(4)32/h6-16,19H,1-5H3,(H,28,32). The third-order valence-corrected chi connectivity index (χ3v) is 8.16. The zero-order valence-electron chi connectivity index (χ0n) is 20.8. The lowest BCUT2D eigenvalue weighted by Crippen LogP contribution is -2.35. The van der Waals surface area contributed by atoms with Gasteiger partial charge >= 0.3 is 0 Å². The quantitative estimate of drug-likeness (QED) is 0.421. The number of carbonyl (C=O) groups excluding carboxylic acids is 1. The molecule has 1 heterocycles. The smallest absolute Gasteiger partial charge is 0.266 e. The molecule has 36 heavy (non-hydrogen) atoms. The molecule has 0 fully saturated rings. The number of carbonyl (C=O) groups is 1. The number of sulfonamides is 1. The van der Waals surface area contributed by atoms with E-state index >= 15 is 0 Å². The molecule has 0 aliphatic rings. The molecule has 0 bridgehead atoms. The summed E-state index contributed by atoms with van der Waals surface area (Å²) in [6.45, 7) is 6.88. The summed E-state index contributed by atoms with van der Waals surface area (Å²) in [6.07, 6.45) is 0. The Balaban J connectivity index is 1.92.